The van der Waals surface area contributed by atoms with Gasteiger partial charge in [0.1, 0.15) is 17.4 Å². The summed E-state index contributed by atoms with van der Waals surface area (Å²) in [6, 6.07) is 10.3. The Bertz CT molecular complexity index is 991. The van der Waals surface area contributed by atoms with Crippen LogP contribution in [-0.2, 0) is 0 Å². The van der Waals surface area contributed by atoms with Crippen molar-refractivity contribution in [1.82, 2.24) is 9.99 Å². The fourth-order valence-electron chi connectivity index (χ4n) is 2.72. The molecule has 2 aromatic rings. The first-order valence-electron chi connectivity index (χ1n) is 9.36. The first-order valence-corrected chi connectivity index (χ1v) is 9.76. The Morgan fingerprint density at radius 3 is 2.55 bits per heavy atom. The van der Waals surface area contributed by atoms with Gasteiger partial charge in [0.25, 0.3) is 11.5 Å². The van der Waals surface area contributed by atoms with Crippen molar-refractivity contribution in [1.29, 1.82) is 5.26 Å². The van der Waals surface area contributed by atoms with E-state index in [4.69, 9.17) is 22.2 Å². The largest absolute Gasteiger partial charge is 0.494 e. The molecular formula is C21H24N4O3S. The average Bonchev–Trinajstić information content (AvgIpc) is 2.69. The molecule has 1 heterocycles. The molecule has 8 heteroatoms. The number of aryl methyl sites for hydroxylation is 2. The molecule has 0 atom stereocenters. The number of unbranched alkanes of at least 4 members (excludes halogenated alkanes) is 2. The fraction of sp³-hybridized carbons (Fsp3) is 0.333. The van der Waals surface area contributed by atoms with Gasteiger partial charge in [0.15, 0.2) is 5.11 Å². The van der Waals surface area contributed by atoms with Crippen molar-refractivity contribution >= 4 is 23.2 Å². The van der Waals surface area contributed by atoms with E-state index in [1.54, 1.807) is 44.2 Å². The van der Waals surface area contributed by atoms with Crippen LogP contribution in [0.3, 0.4) is 0 Å². The molecule has 1 aromatic heterocycles. The van der Waals surface area contributed by atoms with Gasteiger partial charge >= 0.3 is 0 Å². The minimum absolute atomic E-state index is 0.0201. The molecular weight excluding hydrogens is 388 g/mol. The summed E-state index contributed by atoms with van der Waals surface area (Å²) >= 11 is 5.14. The van der Waals surface area contributed by atoms with Crippen LogP contribution in [-0.4, -0.2) is 22.3 Å². The molecule has 2 rings (SSSR count). The first kappa shape index (κ1) is 22.1. The highest BCUT2D eigenvalue weighted by molar-refractivity contribution is 7.80. The highest BCUT2D eigenvalue weighted by atomic mass is 32.1. The molecule has 0 spiro atoms. The number of amides is 1. The molecule has 0 aliphatic heterocycles. The second-order valence-corrected chi connectivity index (χ2v) is 6.98. The van der Waals surface area contributed by atoms with Gasteiger partial charge in [-0.3, -0.25) is 20.3 Å². The molecule has 0 fully saturated rings. The molecule has 1 amide bonds. The Morgan fingerprint density at radius 1 is 1.24 bits per heavy atom. The summed E-state index contributed by atoms with van der Waals surface area (Å²) in [4.78, 5) is 24.8. The van der Waals surface area contributed by atoms with Gasteiger partial charge in [-0.05, 0) is 68.4 Å². The molecule has 0 saturated carbocycles. The Kier molecular flexibility index (Phi) is 7.92. The maximum Gasteiger partial charge on any atom is 0.287 e. The molecule has 7 nitrogen and oxygen atoms in total. The van der Waals surface area contributed by atoms with Gasteiger partial charge in [0.05, 0.1) is 6.61 Å². The molecule has 29 heavy (non-hydrogen) atoms. The van der Waals surface area contributed by atoms with Crippen molar-refractivity contribution in [3.8, 4) is 11.8 Å². The number of rotatable bonds is 7. The minimum Gasteiger partial charge on any atom is -0.494 e. The second kappa shape index (κ2) is 10.4. The van der Waals surface area contributed by atoms with Crippen molar-refractivity contribution in [3.05, 3.63) is 63.1 Å². The average molecular weight is 413 g/mol. The Morgan fingerprint density at radius 2 is 1.93 bits per heavy atom. The number of hydrogen-bond acceptors (Lipinski definition) is 5. The van der Waals surface area contributed by atoms with E-state index in [2.05, 4.69) is 17.7 Å². The number of carbonyl (C=O) groups excluding carboxylic acids is 1. The maximum atomic E-state index is 12.4. The van der Waals surface area contributed by atoms with E-state index >= 15 is 0 Å². The fourth-order valence-corrected chi connectivity index (χ4v) is 2.90. The van der Waals surface area contributed by atoms with Crippen LogP contribution in [0.15, 0.2) is 35.1 Å². The summed E-state index contributed by atoms with van der Waals surface area (Å²) in [6.07, 6.45) is 3.23. The van der Waals surface area contributed by atoms with E-state index in [9.17, 15) is 9.59 Å². The minimum atomic E-state index is -0.522. The highest BCUT2D eigenvalue weighted by Crippen LogP contribution is 2.13. The summed E-state index contributed by atoms with van der Waals surface area (Å²) in [5.41, 5.74) is 3.71. The van der Waals surface area contributed by atoms with E-state index in [-0.39, 0.29) is 10.7 Å². The van der Waals surface area contributed by atoms with Crippen LogP contribution in [0, 0.1) is 25.2 Å². The summed E-state index contributed by atoms with van der Waals surface area (Å²) in [5.74, 6) is 0.280. The van der Waals surface area contributed by atoms with Gasteiger partial charge < -0.3 is 4.74 Å². The number of ether oxygens (including phenoxy) is 1. The number of benzene rings is 1. The SMILES string of the molecule is CCCCCOc1ccc(C(=O)NC(=S)Nn2c(C)cc(C)c(C#N)c2=O)cc1. The predicted molar refractivity (Wildman–Crippen MR) is 116 cm³/mol. The Labute approximate surface area is 175 Å². The van der Waals surface area contributed by atoms with E-state index in [1.165, 1.54) is 0 Å². The highest BCUT2D eigenvalue weighted by Gasteiger charge is 2.13. The molecule has 0 radical (unpaired) electrons. The summed E-state index contributed by atoms with van der Waals surface area (Å²) in [5, 5.41) is 11.6. The third-order valence-electron chi connectivity index (χ3n) is 4.27. The number of pyridine rings is 1. The Balaban J connectivity index is 2.00. The van der Waals surface area contributed by atoms with Gasteiger partial charge in [0, 0.05) is 11.3 Å². The number of hydrogen-bond donors (Lipinski definition) is 2. The molecule has 0 unspecified atom stereocenters. The third kappa shape index (κ3) is 5.90. The first-order chi connectivity index (χ1) is 13.9. The zero-order valence-corrected chi connectivity index (χ0v) is 17.6. The number of thiocarbonyl (C=S) groups is 1. The van der Waals surface area contributed by atoms with Crippen LogP contribution < -0.4 is 21.0 Å². The van der Waals surface area contributed by atoms with Crippen molar-refractivity contribution in [2.24, 2.45) is 0 Å². The monoisotopic (exact) mass is 412 g/mol. The topological polar surface area (TPSA) is 96.2 Å². The lowest BCUT2D eigenvalue weighted by molar-refractivity contribution is 0.0977. The number of nitrogens with one attached hydrogen (secondary N) is 2. The van der Waals surface area contributed by atoms with Crippen molar-refractivity contribution in [2.75, 3.05) is 12.0 Å². The van der Waals surface area contributed by atoms with Gasteiger partial charge in [-0.1, -0.05) is 19.8 Å². The molecule has 1 aromatic carbocycles. The summed E-state index contributed by atoms with van der Waals surface area (Å²) < 4.78 is 6.77. The lowest BCUT2D eigenvalue weighted by Gasteiger charge is -2.15. The van der Waals surface area contributed by atoms with Gasteiger partial charge in [-0.2, -0.15) is 5.26 Å². The van der Waals surface area contributed by atoms with E-state index in [0.29, 0.717) is 29.2 Å². The molecule has 152 valence electrons. The predicted octanol–water partition coefficient (Wildman–Crippen LogP) is 3.16. The maximum absolute atomic E-state index is 12.4. The van der Waals surface area contributed by atoms with Crippen LogP contribution in [0.2, 0.25) is 0 Å². The van der Waals surface area contributed by atoms with Crippen LogP contribution in [0.4, 0.5) is 0 Å². The van der Waals surface area contributed by atoms with Gasteiger partial charge in [-0.15, -0.1) is 0 Å². The normalized spacial score (nSPS) is 10.1. The van der Waals surface area contributed by atoms with Crippen molar-refractivity contribution in [3.63, 3.8) is 0 Å². The zero-order chi connectivity index (χ0) is 21.4. The van der Waals surface area contributed by atoms with Crippen molar-refractivity contribution < 1.29 is 9.53 Å². The number of carbonyl (C=O) groups is 1. The third-order valence-corrected chi connectivity index (χ3v) is 4.47. The molecule has 0 saturated heterocycles. The summed E-state index contributed by atoms with van der Waals surface area (Å²) in [6.45, 7) is 6.16. The number of nitrogens with zero attached hydrogens (tertiary/aromatic N) is 2. The van der Waals surface area contributed by atoms with Crippen LogP contribution >= 0.6 is 12.2 Å². The second-order valence-electron chi connectivity index (χ2n) is 6.57. The van der Waals surface area contributed by atoms with Crippen molar-refractivity contribution in [2.45, 2.75) is 40.0 Å². The van der Waals surface area contributed by atoms with Gasteiger partial charge in [-0.25, -0.2) is 4.68 Å². The molecule has 0 aliphatic rings. The quantitative estimate of drug-likeness (QED) is 0.536. The van der Waals surface area contributed by atoms with E-state index in [1.807, 2.05) is 6.07 Å². The zero-order valence-electron chi connectivity index (χ0n) is 16.7. The van der Waals surface area contributed by atoms with E-state index < -0.39 is 11.5 Å². The molecule has 0 bridgehead atoms. The lowest BCUT2D eigenvalue weighted by atomic mass is 10.1. The van der Waals surface area contributed by atoms with Gasteiger partial charge in [0.2, 0.25) is 0 Å². The molecule has 2 N–H and O–H groups in total. The number of nitriles is 1. The van der Waals surface area contributed by atoms with Crippen LogP contribution in [0.1, 0.15) is 53.4 Å². The van der Waals surface area contributed by atoms with Crippen LogP contribution in [0.25, 0.3) is 0 Å². The lowest BCUT2D eigenvalue weighted by Crippen LogP contribution is -2.43. The van der Waals surface area contributed by atoms with E-state index in [0.717, 1.165) is 23.9 Å². The standard InChI is InChI=1S/C21H24N4O3S/c1-4-5-6-11-28-17-9-7-16(8-10-17)19(26)23-21(29)24-25-15(3)12-14(2)18(13-22)20(25)27/h7-10,12H,4-6,11H2,1-3H3,(H2,23,24,26,29). The van der Waals surface area contributed by atoms with Crippen LogP contribution in [0.5, 0.6) is 5.75 Å². The smallest absolute Gasteiger partial charge is 0.287 e. The molecule has 0 aliphatic carbocycles. The summed E-state index contributed by atoms with van der Waals surface area (Å²) in [7, 11) is 0. The number of aromatic nitrogens is 1. The Hall–Kier alpha value is -3.18.